The van der Waals surface area contributed by atoms with E-state index in [-0.39, 0.29) is 36.7 Å². The van der Waals surface area contributed by atoms with Crippen LogP contribution in [-0.4, -0.2) is 77.9 Å². The summed E-state index contributed by atoms with van der Waals surface area (Å²) in [7, 11) is 0. The molecule has 0 saturated carbocycles. The number of hydrogen-bond donors (Lipinski definition) is 1. The van der Waals surface area contributed by atoms with Gasteiger partial charge in [0.1, 0.15) is 6.04 Å². The number of rotatable bonds is 6. The van der Waals surface area contributed by atoms with Crippen molar-refractivity contribution in [3.8, 4) is 6.07 Å². The van der Waals surface area contributed by atoms with E-state index < -0.39 is 0 Å². The average Bonchev–Trinajstić information content (AvgIpc) is 3.40. The standard InChI is InChI=1S/C20H25N5O3/c21-13-17-7-4-10-25(17)19(27)14-22-9-8-18(26)23-11-12-24(15-23)20(28)16-5-2-1-3-6-16/h1-3,5-6,17,22H,4,7-12,14-15H2/t17-/m0/s1. The van der Waals surface area contributed by atoms with E-state index in [0.29, 0.717) is 38.4 Å². The van der Waals surface area contributed by atoms with E-state index in [1.807, 2.05) is 18.2 Å². The highest BCUT2D eigenvalue weighted by Gasteiger charge is 2.29. The number of hydrogen-bond acceptors (Lipinski definition) is 5. The summed E-state index contributed by atoms with van der Waals surface area (Å²) >= 11 is 0. The molecular weight excluding hydrogens is 358 g/mol. The molecule has 0 radical (unpaired) electrons. The van der Waals surface area contributed by atoms with E-state index in [1.165, 1.54) is 0 Å². The van der Waals surface area contributed by atoms with Gasteiger partial charge in [-0.25, -0.2) is 0 Å². The molecule has 2 saturated heterocycles. The third-order valence-electron chi connectivity index (χ3n) is 5.16. The molecule has 1 N–H and O–H groups in total. The van der Waals surface area contributed by atoms with E-state index in [4.69, 9.17) is 5.26 Å². The second-order valence-corrected chi connectivity index (χ2v) is 7.03. The van der Waals surface area contributed by atoms with Crippen molar-refractivity contribution in [2.45, 2.75) is 25.3 Å². The minimum atomic E-state index is -0.325. The molecule has 2 aliphatic rings. The first-order valence-electron chi connectivity index (χ1n) is 9.62. The second-order valence-electron chi connectivity index (χ2n) is 7.03. The molecule has 8 heteroatoms. The maximum absolute atomic E-state index is 12.4. The van der Waals surface area contributed by atoms with Gasteiger partial charge in [0.25, 0.3) is 5.91 Å². The lowest BCUT2D eigenvalue weighted by molar-refractivity contribution is -0.132. The first-order valence-corrected chi connectivity index (χ1v) is 9.62. The van der Waals surface area contributed by atoms with Gasteiger partial charge in [-0.3, -0.25) is 14.4 Å². The Balaban J connectivity index is 1.37. The Morgan fingerprint density at radius 3 is 2.57 bits per heavy atom. The second kappa shape index (κ2) is 9.33. The number of amides is 3. The minimum Gasteiger partial charge on any atom is -0.326 e. The number of nitriles is 1. The van der Waals surface area contributed by atoms with E-state index >= 15 is 0 Å². The molecule has 0 aromatic heterocycles. The van der Waals surface area contributed by atoms with Crippen LogP contribution in [0.2, 0.25) is 0 Å². The van der Waals surface area contributed by atoms with Crippen molar-refractivity contribution < 1.29 is 14.4 Å². The highest BCUT2D eigenvalue weighted by Crippen LogP contribution is 2.16. The predicted octanol–water partition coefficient (Wildman–Crippen LogP) is 0.423. The molecule has 28 heavy (non-hydrogen) atoms. The smallest absolute Gasteiger partial charge is 0.255 e. The number of nitrogens with zero attached hydrogens (tertiary/aromatic N) is 4. The highest BCUT2D eigenvalue weighted by atomic mass is 16.2. The molecule has 2 fully saturated rings. The van der Waals surface area contributed by atoms with Crippen molar-refractivity contribution in [2.24, 2.45) is 0 Å². The molecule has 8 nitrogen and oxygen atoms in total. The largest absolute Gasteiger partial charge is 0.326 e. The zero-order valence-corrected chi connectivity index (χ0v) is 15.8. The molecule has 0 aliphatic carbocycles. The summed E-state index contributed by atoms with van der Waals surface area (Å²) in [6.45, 7) is 2.48. The quantitative estimate of drug-likeness (QED) is 0.719. The van der Waals surface area contributed by atoms with Crippen molar-refractivity contribution in [3.63, 3.8) is 0 Å². The van der Waals surface area contributed by atoms with E-state index in [2.05, 4.69) is 11.4 Å². The lowest BCUT2D eigenvalue weighted by Gasteiger charge is -2.20. The lowest BCUT2D eigenvalue weighted by Crippen LogP contribution is -2.41. The molecular formula is C20H25N5O3. The molecule has 0 bridgehead atoms. The van der Waals surface area contributed by atoms with Crippen molar-refractivity contribution >= 4 is 17.7 Å². The van der Waals surface area contributed by atoms with Gasteiger partial charge in [0.05, 0.1) is 19.3 Å². The Labute approximate surface area is 164 Å². The molecule has 1 aromatic rings. The summed E-state index contributed by atoms with van der Waals surface area (Å²) < 4.78 is 0. The summed E-state index contributed by atoms with van der Waals surface area (Å²) in [5.41, 5.74) is 0.620. The van der Waals surface area contributed by atoms with Gasteiger partial charge < -0.3 is 20.0 Å². The van der Waals surface area contributed by atoms with Crippen LogP contribution in [0.4, 0.5) is 0 Å². The Morgan fingerprint density at radius 2 is 1.82 bits per heavy atom. The Hall–Kier alpha value is -2.92. The van der Waals surface area contributed by atoms with Crippen LogP contribution in [0.25, 0.3) is 0 Å². The summed E-state index contributed by atoms with van der Waals surface area (Å²) in [6.07, 6.45) is 1.85. The fourth-order valence-corrected chi connectivity index (χ4v) is 3.57. The Kier molecular flexibility index (Phi) is 6.61. The van der Waals surface area contributed by atoms with Crippen molar-refractivity contribution in [1.82, 2.24) is 20.0 Å². The van der Waals surface area contributed by atoms with E-state index in [0.717, 1.165) is 12.8 Å². The minimum absolute atomic E-state index is 0.0422. The summed E-state index contributed by atoms with van der Waals surface area (Å²) in [5, 5.41) is 12.0. The number of carbonyl (C=O) groups is 3. The summed E-state index contributed by atoms with van der Waals surface area (Å²) in [4.78, 5) is 41.9. The summed E-state index contributed by atoms with van der Waals surface area (Å²) in [5.74, 6) is -0.214. The molecule has 3 rings (SSSR count). The molecule has 1 atom stereocenters. The molecule has 0 spiro atoms. The van der Waals surface area contributed by atoms with Crippen LogP contribution in [0.3, 0.4) is 0 Å². The zero-order valence-electron chi connectivity index (χ0n) is 15.8. The number of benzene rings is 1. The Bertz CT molecular complexity index is 761. The zero-order chi connectivity index (χ0) is 19.9. The topological polar surface area (TPSA) is 96.8 Å². The summed E-state index contributed by atoms with van der Waals surface area (Å²) in [6, 6.07) is 10.9. The Morgan fingerprint density at radius 1 is 1.07 bits per heavy atom. The molecule has 2 aliphatic heterocycles. The normalized spacial score (nSPS) is 19.0. The van der Waals surface area contributed by atoms with Crippen LogP contribution in [0, 0.1) is 11.3 Å². The predicted molar refractivity (Wildman–Crippen MR) is 102 cm³/mol. The highest BCUT2D eigenvalue weighted by molar-refractivity contribution is 5.94. The van der Waals surface area contributed by atoms with Gasteiger partial charge in [0, 0.05) is 38.2 Å². The third kappa shape index (κ3) is 4.67. The average molecular weight is 383 g/mol. The first kappa shape index (κ1) is 19.8. The number of nitrogens with one attached hydrogen (secondary N) is 1. The van der Waals surface area contributed by atoms with Crippen LogP contribution in [0.15, 0.2) is 30.3 Å². The van der Waals surface area contributed by atoms with Gasteiger partial charge in [0.15, 0.2) is 0 Å². The number of likely N-dealkylation sites (tertiary alicyclic amines) is 1. The van der Waals surface area contributed by atoms with Crippen LogP contribution < -0.4 is 5.32 Å². The SMILES string of the molecule is N#C[C@@H]1CCCN1C(=O)CNCCC(=O)N1CCN(C(=O)c2ccccc2)C1. The fourth-order valence-electron chi connectivity index (χ4n) is 3.57. The molecule has 2 heterocycles. The van der Waals surface area contributed by atoms with Crippen LogP contribution >= 0.6 is 0 Å². The fraction of sp³-hybridized carbons (Fsp3) is 0.500. The van der Waals surface area contributed by atoms with Crippen LogP contribution in [0.1, 0.15) is 29.6 Å². The molecule has 148 valence electrons. The van der Waals surface area contributed by atoms with Crippen LogP contribution in [0.5, 0.6) is 0 Å². The monoisotopic (exact) mass is 383 g/mol. The lowest BCUT2D eigenvalue weighted by atomic mass is 10.2. The maximum atomic E-state index is 12.4. The van der Waals surface area contributed by atoms with Gasteiger partial charge in [-0.15, -0.1) is 0 Å². The van der Waals surface area contributed by atoms with Gasteiger partial charge in [0.2, 0.25) is 11.8 Å². The van der Waals surface area contributed by atoms with Crippen molar-refractivity contribution in [3.05, 3.63) is 35.9 Å². The van der Waals surface area contributed by atoms with E-state index in [9.17, 15) is 14.4 Å². The maximum Gasteiger partial charge on any atom is 0.255 e. The van der Waals surface area contributed by atoms with Gasteiger partial charge in [-0.2, -0.15) is 5.26 Å². The van der Waals surface area contributed by atoms with Gasteiger partial charge in [-0.05, 0) is 25.0 Å². The van der Waals surface area contributed by atoms with Gasteiger partial charge >= 0.3 is 0 Å². The van der Waals surface area contributed by atoms with E-state index in [1.54, 1.807) is 26.8 Å². The molecule has 3 amide bonds. The molecule has 1 aromatic carbocycles. The van der Waals surface area contributed by atoms with Crippen LogP contribution in [-0.2, 0) is 9.59 Å². The third-order valence-corrected chi connectivity index (χ3v) is 5.16. The van der Waals surface area contributed by atoms with Gasteiger partial charge in [-0.1, -0.05) is 18.2 Å². The first-order chi connectivity index (χ1) is 13.6. The van der Waals surface area contributed by atoms with Crippen molar-refractivity contribution in [2.75, 3.05) is 39.4 Å². The molecule has 0 unspecified atom stereocenters. The van der Waals surface area contributed by atoms with Crippen molar-refractivity contribution in [1.29, 1.82) is 5.26 Å². The number of carbonyl (C=O) groups excluding carboxylic acids is 3.